The van der Waals surface area contributed by atoms with Crippen LogP contribution in [-0.2, 0) is 4.74 Å². The Kier molecular flexibility index (Phi) is 2.49. The van der Waals surface area contributed by atoms with Crippen LogP contribution in [0.15, 0.2) is 0 Å². The van der Waals surface area contributed by atoms with Gasteiger partial charge in [-0.2, -0.15) is 0 Å². The van der Waals surface area contributed by atoms with Crippen molar-refractivity contribution in [2.45, 2.75) is 32.0 Å². The van der Waals surface area contributed by atoms with Crippen LogP contribution < -0.4 is 5.32 Å². The summed E-state index contributed by atoms with van der Waals surface area (Å²) in [5, 5.41) is 3.09. The summed E-state index contributed by atoms with van der Waals surface area (Å²) in [4.78, 5) is 0. The van der Waals surface area contributed by atoms with E-state index in [2.05, 4.69) is 12.2 Å². The van der Waals surface area contributed by atoms with E-state index in [9.17, 15) is 0 Å². The highest BCUT2D eigenvalue weighted by Crippen LogP contribution is 2.21. The fraction of sp³-hybridized carbons (Fsp3) is 1.00. The van der Waals surface area contributed by atoms with Crippen molar-refractivity contribution in [3.05, 3.63) is 0 Å². The molecule has 1 aliphatic heterocycles. The minimum absolute atomic E-state index is 0.500. The Hall–Kier alpha value is -0.0800. The Labute approximate surface area is 56.6 Å². The van der Waals surface area contributed by atoms with Gasteiger partial charge in [0.2, 0.25) is 0 Å². The largest absolute Gasteiger partial charge is 0.373 e. The molecule has 0 amide bonds. The first kappa shape index (κ1) is 7.03. The average molecular weight is 129 g/mol. The molecule has 1 heterocycles. The molecule has 0 radical (unpaired) electrons. The summed E-state index contributed by atoms with van der Waals surface area (Å²) in [5.41, 5.74) is 0. The van der Waals surface area contributed by atoms with Crippen LogP contribution in [0.2, 0.25) is 0 Å². The molecule has 0 aromatic carbocycles. The molecule has 0 spiro atoms. The normalized spacial score (nSPS) is 34.0. The van der Waals surface area contributed by atoms with Crippen LogP contribution in [0.3, 0.4) is 0 Å². The maximum absolute atomic E-state index is 5.47. The maximum Gasteiger partial charge on any atom is 0.0727 e. The van der Waals surface area contributed by atoms with Crippen LogP contribution in [0.4, 0.5) is 0 Å². The van der Waals surface area contributed by atoms with Gasteiger partial charge in [-0.1, -0.05) is 6.92 Å². The van der Waals surface area contributed by atoms with Crippen molar-refractivity contribution in [1.29, 1.82) is 0 Å². The van der Waals surface area contributed by atoms with Crippen LogP contribution in [0.1, 0.15) is 19.8 Å². The smallest absolute Gasteiger partial charge is 0.0727 e. The van der Waals surface area contributed by atoms with Gasteiger partial charge in [-0.25, -0.2) is 0 Å². The average Bonchev–Trinajstić information content (AvgIpc) is 1.77. The Balaban J connectivity index is 1.98. The molecule has 1 aliphatic rings. The molecule has 1 N–H and O–H groups in total. The van der Waals surface area contributed by atoms with Gasteiger partial charge in [-0.3, -0.25) is 0 Å². The van der Waals surface area contributed by atoms with E-state index in [-0.39, 0.29) is 0 Å². The van der Waals surface area contributed by atoms with Gasteiger partial charge in [0, 0.05) is 13.0 Å². The van der Waals surface area contributed by atoms with Crippen molar-refractivity contribution in [2.24, 2.45) is 0 Å². The highest BCUT2D eigenvalue weighted by atomic mass is 16.5. The van der Waals surface area contributed by atoms with E-state index in [1.54, 1.807) is 0 Å². The minimum Gasteiger partial charge on any atom is -0.373 e. The van der Waals surface area contributed by atoms with E-state index >= 15 is 0 Å². The summed E-state index contributed by atoms with van der Waals surface area (Å²) in [5.74, 6) is 0. The van der Waals surface area contributed by atoms with Crippen molar-refractivity contribution in [2.75, 3.05) is 13.6 Å². The molecule has 2 nitrogen and oxygen atoms in total. The predicted molar refractivity (Wildman–Crippen MR) is 37.5 cm³/mol. The molecular weight excluding hydrogens is 114 g/mol. The summed E-state index contributed by atoms with van der Waals surface area (Å²) in [6.45, 7) is 3.18. The molecule has 9 heavy (non-hydrogen) atoms. The Morgan fingerprint density at radius 1 is 1.56 bits per heavy atom. The Morgan fingerprint density at radius 2 is 2.22 bits per heavy atom. The number of nitrogens with one attached hydrogen (secondary N) is 1. The number of ether oxygens (including phenoxy) is 1. The third-order valence-corrected chi connectivity index (χ3v) is 1.80. The van der Waals surface area contributed by atoms with E-state index in [1.807, 2.05) is 7.05 Å². The van der Waals surface area contributed by atoms with Crippen LogP contribution in [0.5, 0.6) is 0 Å². The number of hydrogen-bond donors (Lipinski definition) is 1. The van der Waals surface area contributed by atoms with E-state index in [0.29, 0.717) is 12.2 Å². The molecule has 0 saturated carbocycles. The van der Waals surface area contributed by atoms with Crippen molar-refractivity contribution in [3.8, 4) is 0 Å². The first-order valence-electron chi connectivity index (χ1n) is 3.67. The fourth-order valence-corrected chi connectivity index (χ4v) is 1.18. The summed E-state index contributed by atoms with van der Waals surface area (Å²) in [6.07, 6.45) is 3.47. The summed E-state index contributed by atoms with van der Waals surface area (Å²) in [6, 6.07) is 0. The first-order chi connectivity index (χ1) is 4.36. The molecular formula is C7H15NO. The van der Waals surface area contributed by atoms with Crippen LogP contribution in [-0.4, -0.2) is 25.8 Å². The molecule has 1 saturated heterocycles. The Morgan fingerprint density at radius 3 is 2.67 bits per heavy atom. The van der Waals surface area contributed by atoms with Crippen molar-refractivity contribution in [1.82, 2.24) is 5.32 Å². The van der Waals surface area contributed by atoms with Crippen molar-refractivity contribution < 1.29 is 4.74 Å². The van der Waals surface area contributed by atoms with Gasteiger partial charge < -0.3 is 10.1 Å². The molecule has 2 atom stereocenters. The highest BCUT2D eigenvalue weighted by molar-refractivity contribution is 4.77. The van der Waals surface area contributed by atoms with Gasteiger partial charge in [0.25, 0.3) is 0 Å². The van der Waals surface area contributed by atoms with E-state index in [4.69, 9.17) is 4.74 Å². The quantitative estimate of drug-likeness (QED) is 0.608. The second-order valence-electron chi connectivity index (χ2n) is 2.58. The van der Waals surface area contributed by atoms with Crippen molar-refractivity contribution >= 4 is 0 Å². The topological polar surface area (TPSA) is 21.3 Å². The second-order valence-corrected chi connectivity index (χ2v) is 2.58. The number of hydrogen-bond acceptors (Lipinski definition) is 2. The van der Waals surface area contributed by atoms with Gasteiger partial charge in [0.1, 0.15) is 0 Å². The van der Waals surface area contributed by atoms with Crippen LogP contribution in [0.25, 0.3) is 0 Å². The molecule has 0 aromatic rings. The van der Waals surface area contributed by atoms with E-state index < -0.39 is 0 Å². The van der Waals surface area contributed by atoms with Crippen molar-refractivity contribution in [3.63, 3.8) is 0 Å². The van der Waals surface area contributed by atoms with Crippen LogP contribution >= 0.6 is 0 Å². The minimum atomic E-state index is 0.500. The van der Waals surface area contributed by atoms with Gasteiger partial charge in [-0.15, -0.1) is 0 Å². The molecule has 0 aliphatic carbocycles. The predicted octanol–water partition coefficient (Wildman–Crippen LogP) is 0.773. The van der Waals surface area contributed by atoms with Crippen LogP contribution in [0, 0.1) is 0 Å². The molecule has 1 rings (SSSR count). The maximum atomic E-state index is 5.47. The number of likely N-dealkylation sites (N-methyl/N-ethyl adjacent to an activating group) is 1. The zero-order valence-electron chi connectivity index (χ0n) is 6.18. The molecule has 2 unspecified atom stereocenters. The third kappa shape index (κ3) is 1.66. The molecule has 0 bridgehead atoms. The lowest BCUT2D eigenvalue weighted by molar-refractivity contribution is -0.121. The lowest BCUT2D eigenvalue weighted by atomic mass is 10.0. The summed E-state index contributed by atoms with van der Waals surface area (Å²) >= 11 is 0. The SMILES string of the molecule is CCC1CC(CNC)O1. The Bertz CT molecular complexity index is 79.0. The third-order valence-electron chi connectivity index (χ3n) is 1.80. The monoisotopic (exact) mass is 129 g/mol. The zero-order valence-corrected chi connectivity index (χ0v) is 6.18. The highest BCUT2D eigenvalue weighted by Gasteiger charge is 2.27. The number of rotatable bonds is 3. The van der Waals surface area contributed by atoms with E-state index in [1.165, 1.54) is 12.8 Å². The molecule has 54 valence electrons. The van der Waals surface area contributed by atoms with E-state index in [0.717, 1.165) is 6.54 Å². The summed E-state index contributed by atoms with van der Waals surface area (Å²) < 4.78 is 5.47. The van der Waals surface area contributed by atoms with Gasteiger partial charge in [0.05, 0.1) is 12.2 Å². The standard InChI is InChI=1S/C7H15NO/c1-3-6-4-7(9-6)5-8-2/h6-8H,3-5H2,1-2H3. The first-order valence-corrected chi connectivity index (χ1v) is 3.67. The second kappa shape index (κ2) is 3.18. The lowest BCUT2D eigenvalue weighted by Gasteiger charge is -2.35. The molecule has 0 aromatic heterocycles. The van der Waals surface area contributed by atoms with Gasteiger partial charge in [-0.05, 0) is 13.5 Å². The van der Waals surface area contributed by atoms with Gasteiger partial charge >= 0.3 is 0 Å². The zero-order chi connectivity index (χ0) is 6.69. The molecule has 2 heteroatoms. The van der Waals surface area contributed by atoms with Gasteiger partial charge in [0.15, 0.2) is 0 Å². The summed E-state index contributed by atoms with van der Waals surface area (Å²) in [7, 11) is 1.96. The lowest BCUT2D eigenvalue weighted by Crippen LogP contribution is -2.42. The molecule has 1 fully saturated rings. The fourth-order valence-electron chi connectivity index (χ4n) is 1.18.